The summed E-state index contributed by atoms with van der Waals surface area (Å²) >= 11 is 0. The third-order valence-corrected chi connectivity index (χ3v) is 5.15. The molecule has 9 heteroatoms. The van der Waals surface area contributed by atoms with Gasteiger partial charge < -0.3 is 15.0 Å². The van der Waals surface area contributed by atoms with Crippen LogP contribution in [0.15, 0.2) is 47.4 Å². The third-order valence-electron chi connectivity index (χ3n) is 5.15. The number of nitrogens with one attached hydrogen (secondary N) is 3. The largest absolute Gasteiger partial charge is 0.352 e. The molecule has 1 fully saturated rings. The highest BCUT2D eigenvalue weighted by atomic mass is 19.1. The summed E-state index contributed by atoms with van der Waals surface area (Å²) in [6.45, 7) is 0.548. The lowest BCUT2D eigenvalue weighted by Crippen LogP contribution is -2.43. The lowest BCUT2D eigenvalue weighted by atomic mass is 9.96. The number of aromatic amines is 1. The van der Waals surface area contributed by atoms with E-state index in [2.05, 4.69) is 15.6 Å². The molecule has 0 spiro atoms. The maximum atomic E-state index is 15.0. The number of nitrogens with zero attached hydrogens (tertiary/aromatic N) is 1. The summed E-state index contributed by atoms with van der Waals surface area (Å²) in [5, 5.41) is 15.5. The van der Waals surface area contributed by atoms with Gasteiger partial charge in [0.1, 0.15) is 23.8 Å². The second kappa shape index (κ2) is 8.63. The Morgan fingerprint density at radius 3 is 2.81 bits per heavy atom. The predicted octanol–water partition coefficient (Wildman–Crippen LogP) is 1.97. The number of rotatable bonds is 5. The topological polar surface area (TPSA) is 107 Å². The van der Waals surface area contributed by atoms with E-state index < -0.39 is 29.7 Å². The highest BCUT2D eigenvalue weighted by molar-refractivity contribution is 5.96. The van der Waals surface area contributed by atoms with E-state index in [4.69, 9.17) is 4.74 Å². The molecule has 4 rings (SSSR count). The van der Waals surface area contributed by atoms with Crippen LogP contribution in [0.1, 0.15) is 5.56 Å². The molecule has 1 saturated heterocycles. The molecule has 2 atom stereocenters. The van der Waals surface area contributed by atoms with E-state index in [9.17, 15) is 23.6 Å². The lowest BCUT2D eigenvalue weighted by Gasteiger charge is -2.16. The number of H-pyrrole nitrogens is 1. The van der Waals surface area contributed by atoms with Gasteiger partial charge >= 0.3 is 0 Å². The SMILES string of the molecule is N#CC(Cc1cc(F)c(-c2cccc3c(=O)[nH]ccc23)cc1F)NC(=O)[C@@H]1CNCO1. The van der Waals surface area contributed by atoms with E-state index >= 15 is 0 Å². The van der Waals surface area contributed by atoms with Crippen molar-refractivity contribution in [2.24, 2.45) is 0 Å². The zero-order valence-electron chi connectivity index (χ0n) is 16.2. The molecule has 1 aromatic heterocycles. The van der Waals surface area contributed by atoms with Crippen molar-refractivity contribution in [3.05, 3.63) is 70.1 Å². The molecule has 31 heavy (non-hydrogen) atoms. The van der Waals surface area contributed by atoms with E-state index in [-0.39, 0.29) is 29.8 Å². The fourth-order valence-corrected chi connectivity index (χ4v) is 3.60. The van der Waals surface area contributed by atoms with Gasteiger partial charge in [0.05, 0.1) is 12.8 Å². The zero-order valence-corrected chi connectivity index (χ0v) is 16.2. The first kappa shape index (κ1) is 20.7. The molecule has 1 aliphatic rings. The number of aromatic nitrogens is 1. The van der Waals surface area contributed by atoms with Gasteiger partial charge in [-0.3, -0.25) is 14.9 Å². The Morgan fingerprint density at radius 1 is 1.23 bits per heavy atom. The van der Waals surface area contributed by atoms with Crippen LogP contribution in [-0.4, -0.2) is 36.3 Å². The smallest absolute Gasteiger partial charge is 0.255 e. The summed E-state index contributed by atoms with van der Waals surface area (Å²) < 4.78 is 35.0. The fourth-order valence-electron chi connectivity index (χ4n) is 3.60. The van der Waals surface area contributed by atoms with Crippen molar-refractivity contribution in [2.45, 2.75) is 18.6 Å². The molecular weight excluding hydrogens is 406 g/mol. The van der Waals surface area contributed by atoms with Crippen LogP contribution >= 0.6 is 0 Å². The molecule has 0 bridgehead atoms. The van der Waals surface area contributed by atoms with Gasteiger partial charge in [0.25, 0.3) is 11.5 Å². The Bertz CT molecular complexity index is 1250. The minimum Gasteiger partial charge on any atom is -0.352 e. The molecule has 0 saturated carbocycles. The van der Waals surface area contributed by atoms with E-state index in [1.165, 1.54) is 6.20 Å². The van der Waals surface area contributed by atoms with Crippen LogP contribution in [0.5, 0.6) is 0 Å². The van der Waals surface area contributed by atoms with Gasteiger partial charge in [0.2, 0.25) is 0 Å². The molecule has 3 N–H and O–H groups in total. The number of carbonyl (C=O) groups excluding carboxylic acids is 1. The number of hydrogen-bond donors (Lipinski definition) is 3. The summed E-state index contributed by atoms with van der Waals surface area (Å²) in [6.07, 6.45) is 0.510. The van der Waals surface area contributed by atoms with Crippen molar-refractivity contribution < 1.29 is 18.3 Å². The van der Waals surface area contributed by atoms with Crippen LogP contribution in [0.25, 0.3) is 21.9 Å². The van der Waals surface area contributed by atoms with Gasteiger partial charge in [0, 0.05) is 30.1 Å². The summed E-state index contributed by atoms with van der Waals surface area (Å²) in [4.78, 5) is 26.7. The highest BCUT2D eigenvalue weighted by Gasteiger charge is 2.26. The fraction of sp³-hybridized carbons (Fsp3) is 0.227. The zero-order chi connectivity index (χ0) is 22.0. The van der Waals surface area contributed by atoms with Crippen LogP contribution in [0.4, 0.5) is 8.78 Å². The molecule has 1 aliphatic heterocycles. The Labute approximate surface area is 175 Å². The van der Waals surface area contributed by atoms with Crippen LogP contribution in [0.2, 0.25) is 0 Å². The first-order valence-corrected chi connectivity index (χ1v) is 9.59. The van der Waals surface area contributed by atoms with E-state index in [0.29, 0.717) is 22.9 Å². The Morgan fingerprint density at radius 2 is 2.06 bits per heavy atom. The summed E-state index contributed by atoms with van der Waals surface area (Å²) in [5.74, 6) is -1.91. The lowest BCUT2D eigenvalue weighted by molar-refractivity contribution is -0.129. The number of benzene rings is 2. The summed E-state index contributed by atoms with van der Waals surface area (Å²) in [6, 6.07) is 9.33. The number of nitriles is 1. The average Bonchev–Trinajstić information content (AvgIpc) is 3.30. The number of fused-ring (bicyclic) bond motifs is 1. The molecule has 7 nitrogen and oxygen atoms in total. The van der Waals surface area contributed by atoms with Crippen LogP contribution < -0.4 is 16.2 Å². The van der Waals surface area contributed by atoms with Gasteiger partial charge in [-0.15, -0.1) is 0 Å². The Hall–Kier alpha value is -3.61. The Kier molecular flexibility index (Phi) is 5.75. The van der Waals surface area contributed by atoms with Gasteiger partial charge in [-0.25, -0.2) is 8.78 Å². The molecule has 158 valence electrons. The molecule has 0 radical (unpaired) electrons. The maximum absolute atomic E-state index is 15.0. The van der Waals surface area contributed by atoms with Crippen molar-refractivity contribution >= 4 is 16.7 Å². The van der Waals surface area contributed by atoms with Crippen LogP contribution in [0.3, 0.4) is 0 Å². The number of ether oxygens (including phenoxy) is 1. The van der Waals surface area contributed by atoms with Crippen LogP contribution in [0, 0.1) is 23.0 Å². The second-order valence-electron chi connectivity index (χ2n) is 7.15. The normalized spacial score (nSPS) is 16.7. The van der Waals surface area contributed by atoms with Gasteiger partial charge in [-0.05, 0) is 40.8 Å². The maximum Gasteiger partial charge on any atom is 0.255 e. The number of carbonyl (C=O) groups is 1. The highest BCUT2D eigenvalue weighted by Crippen LogP contribution is 2.31. The number of hydrogen-bond acceptors (Lipinski definition) is 5. The standard InChI is InChI=1S/C22H18F2N4O3/c23-18-8-17(14-2-1-3-16-15(14)4-5-27-21(16)29)19(24)7-12(18)6-13(9-25)28-22(30)20-10-26-11-31-20/h1-5,7-8,13,20,26H,6,10-11H2,(H,27,29)(H,28,30)/t13?,20-/m0/s1. The van der Waals surface area contributed by atoms with Gasteiger partial charge in [0.15, 0.2) is 0 Å². The van der Waals surface area contributed by atoms with Gasteiger partial charge in [-0.1, -0.05) is 12.1 Å². The minimum atomic E-state index is -1.05. The van der Waals surface area contributed by atoms with Crippen molar-refractivity contribution in [3.63, 3.8) is 0 Å². The second-order valence-corrected chi connectivity index (χ2v) is 7.15. The predicted molar refractivity (Wildman–Crippen MR) is 109 cm³/mol. The molecule has 1 amide bonds. The number of amides is 1. The monoisotopic (exact) mass is 424 g/mol. The quantitative estimate of drug-likeness (QED) is 0.581. The minimum absolute atomic E-state index is 0.000392. The third kappa shape index (κ3) is 4.17. The molecule has 2 aromatic carbocycles. The first-order chi connectivity index (χ1) is 15.0. The number of halogens is 2. The van der Waals surface area contributed by atoms with Crippen molar-refractivity contribution in [1.29, 1.82) is 5.26 Å². The number of pyridine rings is 1. The molecule has 2 heterocycles. The van der Waals surface area contributed by atoms with Crippen molar-refractivity contribution in [2.75, 3.05) is 13.3 Å². The van der Waals surface area contributed by atoms with E-state index in [0.717, 1.165) is 12.1 Å². The van der Waals surface area contributed by atoms with Crippen molar-refractivity contribution in [1.82, 2.24) is 15.6 Å². The molecule has 1 unspecified atom stereocenters. The van der Waals surface area contributed by atoms with E-state index in [1.807, 2.05) is 6.07 Å². The summed E-state index contributed by atoms with van der Waals surface area (Å²) in [5.41, 5.74) is 0.00513. The van der Waals surface area contributed by atoms with E-state index in [1.54, 1.807) is 24.3 Å². The van der Waals surface area contributed by atoms with Crippen LogP contribution in [-0.2, 0) is 16.0 Å². The summed E-state index contributed by atoms with van der Waals surface area (Å²) in [7, 11) is 0. The first-order valence-electron chi connectivity index (χ1n) is 9.59. The van der Waals surface area contributed by atoms with Gasteiger partial charge in [-0.2, -0.15) is 5.26 Å². The van der Waals surface area contributed by atoms with Crippen molar-refractivity contribution in [3.8, 4) is 17.2 Å². The molecular formula is C22H18F2N4O3. The molecule has 3 aromatic rings. The molecule has 0 aliphatic carbocycles. The average molecular weight is 424 g/mol. The Balaban J connectivity index is 1.62.